The van der Waals surface area contributed by atoms with Gasteiger partial charge in [0.2, 0.25) is 0 Å². The molecule has 16 heavy (non-hydrogen) atoms. The highest BCUT2D eigenvalue weighted by molar-refractivity contribution is 5.85. The highest BCUT2D eigenvalue weighted by atomic mass is 14.8. The van der Waals surface area contributed by atoms with Crippen molar-refractivity contribution in [3.05, 3.63) is 48.5 Å². The predicted molar refractivity (Wildman–Crippen MR) is 68.4 cm³/mol. The van der Waals surface area contributed by atoms with E-state index in [-0.39, 0.29) is 0 Å². The summed E-state index contributed by atoms with van der Waals surface area (Å²) in [5.74, 6) is 0. The number of fused-ring (bicyclic) bond motifs is 2. The summed E-state index contributed by atoms with van der Waals surface area (Å²) in [6.07, 6.45) is 0. The molecule has 0 saturated heterocycles. The van der Waals surface area contributed by atoms with Crippen molar-refractivity contribution < 1.29 is 0 Å². The molecule has 0 aliphatic heterocycles. The summed E-state index contributed by atoms with van der Waals surface area (Å²) in [5.41, 5.74) is 3.80. The van der Waals surface area contributed by atoms with Gasteiger partial charge in [0, 0.05) is 0 Å². The van der Waals surface area contributed by atoms with Crippen molar-refractivity contribution in [2.75, 3.05) is 0 Å². The number of rotatable bonds is 0. The van der Waals surface area contributed by atoms with E-state index in [0.29, 0.717) is 0 Å². The maximum atomic E-state index is 4.52. The van der Waals surface area contributed by atoms with Crippen LogP contribution in [0.2, 0.25) is 0 Å². The van der Waals surface area contributed by atoms with Gasteiger partial charge in [-0.15, -0.1) is 0 Å². The molecule has 2 nitrogen and oxygen atoms in total. The van der Waals surface area contributed by atoms with Gasteiger partial charge in [-0.3, -0.25) is 0 Å². The molecule has 0 bridgehead atoms. The number of hydrogen-bond donors (Lipinski definition) is 0. The van der Waals surface area contributed by atoms with Crippen molar-refractivity contribution in [2.45, 2.75) is 13.8 Å². The van der Waals surface area contributed by atoms with Crippen LogP contribution in [-0.4, -0.2) is 9.97 Å². The van der Waals surface area contributed by atoms with E-state index in [9.17, 15) is 0 Å². The highest BCUT2D eigenvalue weighted by Gasteiger charge is 1.98. The molecule has 1 heterocycles. The summed E-state index contributed by atoms with van der Waals surface area (Å²) in [6, 6.07) is 15.8. The molecule has 3 rings (SSSR count). The Balaban J connectivity index is 0.000000457. The number of benzene rings is 2. The van der Waals surface area contributed by atoms with Crippen molar-refractivity contribution >= 4 is 22.1 Å². The van der Waals surface area contributed by atoms with Crippen LogP contribution in [0.1, 0.15) is 13.8 Å². The average Bonchev–Trinajstić information content (AvgIpc) is 2.38. The van der Waals surface area contributed by atoms with Gasteiger partial charge in [-0.2, -0.15) is 0 Å². The van der Waals surface area contributed by atoms with Crippen LogP contribution in [0.4, 0.5) is 0 Å². The van der Waals surface area contributed by atoms with Crippen LogP contribution in [0, 0.1) is 0 Å². The fourth-order valence-corrected chi connectivity index (χ4v) is 1.57. The number of hydrogen-bond acceptors (Lipinski definition) is 2. The first-order valence-corrected chi connectivity index (χ1v) is 5.55. The van der Waals surface area contributed by atoms with Crippen LogP contribution in [-0.2, 0) is 0 Å². The van der Waals surface area contributed by atoms with Crippen molar-refractivity contribution in [3.63, 3.8) is 0 Å². The van der Waals surface area contributed by atoms with Gasteiger partial charge >= 0.3 is 0 Å². The van der Waals surface area contributed by atoms with E-state index in [1.54, 1.807) is 0 Å². The summed E-state index contributed by atoms with van der Waals surface area (Å²) in [6.45, 7) is 4.00. The molecule has 0 aliphatic rings. The largest absolute Gasteiger partial charge is 0.245 e. The minimum atomic E-state index is 0.950. The maximum absolute atomic E-state index is 4.52. The number of nitrogens with zero attached hydrogens (tertiary/aromatic N) is 2. The quantitative estimate of drug-likeness (QED) is 0.527. The molecule has 0 atom stereocenters. The Labute approximate surface area is 95.0 Å². The molecule has 0 saturated carbocycles. The summed E-state index contributed by atoms with van der Waals surface area (Å²) >= 11 is 0. The van der Waals surface area contributed by atoms with Crippen LogP contribution >= 0.6 is 0 Å². The topological polar surface area (TPSA) is 25.8 Å². The SMILES string of the molecule is CC.c1ccc2nc3ccccc3nc2c1. The van der Waals surface area contributed by atoms with Crippen molar-refractivity contribution in [1.29, 1.82) is 0 Å². The molecular weight excluding hydrogens is 196 g/mol. The van der Waals surface area contributed by atoms with Crippen molar-refractivity contribution in [2.24, 2.45) is 0 Å². The van der Waals surface area contributed by atoms with Crippen molar-refractivity contribution in [1.82, 2.24) is 9.97 Å². The lowest BCUT2D eigenvalue weighted by Crippen LogP contribution is -1.85. The third kappa shape index (κ3) is 1.87. The fraction of sp³-hybridized carbons (Fsp3) is 0.143. The van der Waals surface area contributed by atoms with E-state index in [4.69, 9.17) is 0 Å². The van der Waals surface area contributed by atoms with E-state index in [2.05, 4.69) is 9.97 Å². The Morgan fingerprint density at radius 3 is 1.06 bits per heavy atom. The van der Waals surface area contributed by atoms with E-state index < -0.39 is 0 Å². The molecule has 0 radical (unpaired) electrons. The molecule has 3 aromatic rings. The standard InChI is InChI=1S/C12H8N2.C2H6/c1-2-6-10-9(5-1)13-11-7-3-4-8-12(11)14-10;1-2/h1-8H;1-2H3. The zero-order valence-corrected chi connectivity index (χ0v) is 9.51. The Hall–Kier alpha value is -1.96. The van der Waals surface area contributed by atoms with Gasteiger partial charge < -0.3 is 0 Å². The fourth-order valence-electron chi connectivity index (χ4n) is 1.57. The predicted octanol–water partition coefficient (Wildman–Crippen LogP) is 3.81. The average molecular weight is 210 g/mol. The summed E-state index contributed by atoms with van der Waals surface area (Å²) < 4.78 is 0. The molecule has 0 spiro atoms. The van der Waals surface area contributed by atoms with E-state index in [0.717, 1.165) is 22.1 Å². The zero-order chi connectivity index (χ0) is 11.4. The molecule has 0 aliphatic carbocycles. The van der Waals surface area contributed by atoms with Crippen LogP contribution in [0.15, 0.2) is 48.5 Å². The van der Waals surface area contributed by atoms with Crippen molar-refractivity contribution in [3.8, 4) is 0 Å². The second-order valence-corrected chi connectivity index (χ2v) is 3.20. The molecular formula is C14H14N2. The molecule has 0 N–H and O–H groups in total. The van der Waals surface area contributed by atoms with Crippen LogP contribution in [0.5, 0.6) is 0 Å². The second-order valence-electron chi connectivity index (χ2n) is 3.20. The molecule has 1 aromatic heterocycles. The monoisotopic (exact) mass is 210 g/mol. The van der Waals surface area contributed by atoms with Gasteiger partial charge in [0.05, 0.1) is 22.1 Å². The zero-order valence-electron chi connectivity index (χ0n) is 9.51. The van der Waals surface area contributed by atoms with Crippen LogP contribution in [0.3, 0.4) is 0 Å². The van der Waals surface area contributed by atoms with Gasteiger partial charge in [-0.1, -0.05) is 38.1 Å². The van der Waals surface area contributed by atoms with E-state index in [1.807, 2.05) is 62.4 Å². The van der Waals surface area contributed by atoms with Gasteiger partial charge in [0.15, 0.2) is 0 Å². The van der Waals surface area contributed by atoms with Gasteiger partial charge in [-0.05, 0) is 24.3 Å². The highest BCUT2D eigenvalue weighted by Crippen LogP contribution is 2.14. The first-order valence-electron chi connectivity index (χ1n) is 5.55. The Morgan fingerprint density at radius 1 is 0.562 bits per heavy atom. The first-order chi connectivity index (χ1) is 7.93. The Morgan fingerprint density at radius 2 is 0.812 bits per heavy atom. The van der Waals surface area contributed by atoms with Gasteiger partial charge in [0.25, 0.3) is 0 Å². The summed E-state index contributed by atoms with van der Waals surface area (Å²) in [5, 5.41) is 0. The molecule has 0 fully saturated rings. The Bertz CT molecular complexity index is 497. The third-order valence-electron chi connectivity index (χ3n) is 2.25. The second kappa shape index (κ2) is 4.71. The van der Waals surface area contributed by atoms with Gasteiger partial charge in [0.1, 0.15) is 0 Å². The maximum Gasteiger partial charge on any atom is 0.0894 e. The van der Waals surface area contributed by atoms with Crippen LogP contribution in [0.25, 0.3) is 22.1 Å². The lowest BCUT2D eigenvalue weighted by atomic mass is 10.2. The minimum Gasteiger partial charge on any atom is -0.245 e. The Kier molecular flexibility index (Phi) is 3.10. The first kappa shape index (κ1) is 10.6. The molecule has 0 unspecified atom stereocenters. The number of aromatic nitrogens is 2. The van der Waals surface area contributed by atoms with E-state index >= 15 is 0 Å². The number of para-hydroxylation sites is 4. The van der Waals surface area contributed by atoms with E-state index in [1.165, 1.54) is 0 Å². The molecule has 0 amide bonds. The van der Waals surface area contributed by atoms with Crippen LogP contribution < -0.4 is 0 Å². The molecule has 2 aromatic carbocycles. The minimum absolute atomic E-state index is 0.950. The summed E-state index contributed by atoms with van der Waals surface area (Å²) in [7, 11) is 0. The lowest BCUT2D eigenvalue weighted by molar-refractivity contribution is 1.39. The van der Waals surface area contributed by atoms with Gasteiger partial charge in [-0.25, -0.2) is 9.97 Å². The molecule has 80 valence electrons. The third-order valence-corrected chi connectivity index (χ3v) is 2.25. The molecule has 2 heteroatoms. The smallest absolute Gasteiger partial charge is 0.0894 e. The normalized spacial score (nSPS) is 9.88. The summed E-state index contributed by atoms with van der Waals surface area (Å²) in [4.78, 5) is 9.03. The lowest BCUT2D eigenvalue weighted by Gasteiger charge is -1.98.